The van der Waals surface area contributed by atoms with Crippen molar-refractivity contribution in [3.05, 3.63) is 72.8 Å². The van der Waals surface area contributed by atoms with Gasteiger partial charge in [0.2, 0.25) is 0 Å². The number of carbonyl (C=O) groups is 1. The highest BCUT2D eigenvalue weighted by Gasteiger charge is 2.45. The van der Waals surface area contributed by atoms with E-state index in [0.717, 1.165) is 31.5 Å². The molecule has 2 aromatic rings. The molecule has 190 valence electrons. The third kappa shape index (κ3) is 4.33. The monoisotopic (exact) mass is 508 g/mol. The fourth-order valence-electron chi connectivity index (χ4n) is 5.92. The van der Waals surface area contributed by atoms with Crippen molar-refractivity contribution in [2.45, 2.75) is 36.8 Å². The zero-order valence-corrected chi connectivity index (χ0v) is 21.5. The van der Waals surface area contributed by atoms with Gasteiger partial charge in [-0.25, -0.2) is 8.42 Å². The maximum Gasteiger partial charge on any atom is 0.303 e. The van der Waals surface area contributed by atoms with Crippen molar-refractivity contribution in [2.24, 2.45) is 11.8 Å². The van der Waals surface area contributed by atoms with Crippen LogP contribution in [0.25, 0.3) is 5.57 Å². The number of benzene rings is 2. The Kier molecular flexibility index (Phi) is 6.66. The lowest BCUT2D eigenvalue weighted by Gasteiger charge is -2.51. The highest BCUT2D eigenvalue weighted by atomic mass is 32.2. The highest BCUT2D eigenvalue weighted by Crippen LogP contribution is 2.45. The maximum atomic E-state index is 13.6. The van der Waals surface area contributed by atoms with E-state index in [1.54, 1.807) is 49.6 Å². The average Bonchev–Trinajstić information content (AvgIpc) is 2.91. The molecule has 3 saturated heterocycles. The van der Waals surface area contributed by atoms with E-state index >= 15 is 0 Å². The predicted octanol–water partition coefficient (Wildman–Crippen LogP) is 4.12. The number of ether oxygens (including phenoxy) is 2. The number of anilines is 1. The molecule has 0 aromatic heterocycles. The van der Waals surface area contributed by atoms with Crippen LogP contribution in [0.15, 0.2) is 72.2 Å². The van der Waals surface area contributed by atoms with Crippen LogP contribution in [0.4, 0.5) is 5.69 Å². The topological polar surface area (TPSA) is 76.2 Å². The molecular weight excluding hydrogens is 476 g/mol. The average molecular weight is 509 g/mol. The van der Waals surface area contributed by atoms with Gasteiger partial charge in [-0.15, -0.1) is 6.58 Å². The molecule has 36 heavy (non-hydrogen) atoms. The zero-order valence-electron chi connectivity index (χ0n) is 20.7. The third-order valence-corrected chi connectivity index (χ3v) is 9.49. The van der Waals surface area contributed by atoms with Crippen LogP contribution >= 0.6 is 0 Å². The quantitative estimate of drug-likeness (QED) is 0.414. The SMILES string of the molecule is C=C[C@@H]1CN2CC[C@@H]1C[C@@H]2[C@@H](OC(C)=O)C1=CCN(S(=O)(=O)c2ccccc2)c2ccc(OC)cc21. The van der Waals surface area contributed by atoms with Crippen molar-refractivity contribution >= 4 is 27.3 Å². The molecule has 1 unspecified atom stereocenters. The standard InChI is InChI=1S/C28H32N2O5S/c1-4-20-18-29-14-12-21(20)16-27(29)28(35-19(2)31)24-13-15-30(26-11-10-22(34-3)17-25(24)26)36(32,33)23-8-6-5-7-9-23/h4-11,13,17,20-21,27-28H,1,12,14-16,18H2,2-3H3/t20-,21-,27-,28+/m1/s1. The first-order valence-corrected chi connectivity index (χ1v) is 13.8. The molecule has 0 radical (unpaired) electrons. The van der Waals surface area contributed by atoms with Gasteiger partial charge < -0.3 is 9.47 Å². The molecule has 4 heterocycles. The molecule has 3 fully saturated rings. The van der Waals surface area contributed by atoms with E-state index in [1.807, 2.05) is 18.2 Å². The van der Waals surface area contributed by atoms with Gasteiger partial charge in [-0.3, -0.25) is 14.0 Å². The fourth-order valence-corrected chi connectivity index (χ4v) is 7.36. The molecule has 5 atom stereocenters. The van der Waals surface area contributed by atoms with Crippen molar-refractivity contribution in [1.82, 2.24) is 4.90 Å². The van der Waals surface area contributed by atoms with Crippen LogP contribution in [0.2, 0.25) is 0 Å². The molecule has 0 aliphatic carbocycles. The number of rotatable bonds is 7. The molecule has 0 spiro atoms. The molecule has 0 saturated carbocycles. The van der Waals surface area contributed by atoms with Crippen LogP contribution < -0.4 is 9.04 Å². The molecule has 8 heteroatoms. The Balaban J connectivity index is 1.57. The first kappa shape index (κ1) is 24.6. The Bertz CT molecular complexity index is 1290. The van der Waals surface area contributed by atoms with E-state index in [1.165, 1.54) is 11.2 Å². The van der Waals surface area contributed by atoms with E-state index in [0.29, 0.717) is 28.8 Å². The highest BCUT2D eigenvalue weighted by molar-refractivity contribution is 7.92. The minimum atomic E-state index is -3.79. The van der Waals surface area contributed by atoms with Crippen LogP contribution in [0.1, 0.15) is 25.3 Å². The van der Waals surface area contributed by atoms with E-state index in [9.17, 15) is 13.2 Å². The minimum Gasteiger partial charge on any atom is -0.497 e. The lowest BCUT2D eigenvalue weighted by Crippen LogP contribution is -2.58. The lowest BCUT2D eigenvalue weighted by molar-refractivity contribution is -0.149. The number of hydrogen-bond donors (Lipinski definition) is 0. The number of nitrogens with zero attached hydrogens (tertiary/aromatic N) is 2. The van der Waals surface area contributed by atoms with Crippen LogP contribution in [0.3, 0.4) is 0 Å². The summed E-state index contributed by atoms with van der Waals surface area (Å²) in [7, 11) is -2.21. The molecular formula is C28H32N2O5S. The summed E-state index contributed by atoms with van der Waals surface area (Å²) >= 11 is 0. The van der Waals surface area contributed by atoms with E-state index in [2.05, 4.69) is 11.5 Å². The summed E-state index contributed by atoms with van der Waals surface area (Å²) in [5, 5.41) is 0. The van der Waals surface area contributed by atoms with E-state index in [4.69, 9.17) is 9.47 Å². The molecule has 0 N–H and O–H groups in total. The molecule has 0 amide bonds. The number of hydrogen-bond acceptors (Lipinski definition) is 6. The molecule has 6 rings (SSSR count). The van der Waals surface area contributed by atoms with Crippen LogP contribution in [-0.2, 0) is 19.6 Å². The van der Waals surface area contributed by atoms with Crippen molar-refractivity contribution in [2.75, 3.05) is 31.0 Å². The second-order valence-electron chi connectivity index (χ2n) is 9.67. The predicted molar refractivity (Wildman–Crippen MR) is 139 cm³/mol. The Morgan fingerprint density at radius 2 is 1.97 bits per heavy atom. The second kappa shape index (κ2) is 9.75. The molecule has 7 nitrogen and oxygen atoms in total. The largest absolute Gasteiger partial charge is 0.497 e. The van der Waals surface area contributed by atoms with Crippen molar-refractivity contribution in [3.63, 3.8) is 0 Å². The number of sulfonamides is 1. The Hall–Kier alpha value is -3.10. The zero-order chi connectivity index (χ0) is 25.4. The Morgan fingerprint density at radius 3 is 2.61 bits per heavy atom. The second-order valence-corrected chi connectivity index (χ2v) is 11.5. The molecule has 2 aromatic carbocycles. The molecule has 4 aliphatic heterocycles. The van der Waals surface area contributed by atoms with Crippen molar-refractivity contribution < 1.29 is 22.7 Å². The van der Waals surface area contributed by atoms with Gasteiger partial charge in [-0.2, -0.15) is 0 Å². The molecule has 2 bridgehead atoms. The van der Waals surface area contributed by atoms with E-state index in [-0.39, 0.29) is 23.5 Å². The van der Waals surface area contributed by atoms with Gasteiger partial charge in [0.15, 0.2) is 0 Å². The van der Waals surface area contributed by atoms with Gasteiger partial charge >= 0.3 is 5.97 Å². The Labute approximate surface area is 213 Å². The van der Waals surface area contributed by atoms with Gasteiger partial charge in [0.05, 0.1) is 30.3 Å². The number of methoxy groups -OCH3 is 1. The number of fused-ring (bicyclic) bond motifs is 4. The lowest BCUT2D eigenvalue weighted by atomic mass is 9.73. The normalized spacial score (nSPS) is 25.9. The third-order valence-electron chi connectivity index (χ3n) is 7.69. The van der Waals surface area contributed by atoms with Gasteiger partial charge in [0.25, 0.3) is 10.0 Å². The number of carbonyl (C=O) groups excluding carboxylic acids is 1. The summed E-state index contributed by atoms with van der Waals surface area (Å²) in [5.74, 6) is 1.19. The maximum absolute atomic E-state index is 13.6. The van der Waals surface area contributed by atoms with Crippen LogP contribution in [-0.4, -0.2) is 58.2 Å². The summed E-state index contributed by atoms with van der Waals surface area (Å²) in [6.07, 6.45) is 5.43. The van der Waals surface area contributed by atoms with Crippen LogP contribution in [0.5, 0.6) is 5.75 Å². The fraction of sp³-hybridized carbons (Fsp3) is 0.393. The smallest absolute Gasteiger partial charge is 0.303 e. The van der Waals surface area contributed by atoms with Crippen molar-refractivity contribution in [3.8, 4) is 5.75 Å². The molecule has 4 aliphatic rings. The summed E-state index contributed by atoms with van der Waals surface area (Å²) in [4.78, 5) is 14.9. The summed E-state index contributed by atoms with van der Waals surface area (Å²) in [6.45, 7) is 7.43. The summed E-state index contributed by atoms with van der Waals surface area (Å²) < 4.78 is 40.1. The van der Waals surface area contributed by atoms with Gasteiger partial charge in [0, 0.05) is 24.6 Å². The van der Waals surface area contributed by atoms with Gasteiger partial charge in [0.1, 0.15) is 11.9 Å². The van der Waals surface area contributed by atoms with Crippen LogP contribution in [0, 0.1) is 11.8 Å². The first-order valence-electron chi connectivity index (χ1n) is 12.3. The Morgan fingerprint density at radius 1 is 1.19 bits per heavy atom. The first-order chi connectivity index (χ1) is 17.3. The number of piperidine rings is 3. The number of esters is 1. The summed E-state index contributed by atoms with van der Waals surface area (Å²) in [5.41, 5.74) is 2.08. The van der Waals surface area contributed by atoms with E-state index < -0.39 is 16.1 Å². The van der Waals surface area contributed by atoms with Crippen molar-refractivity contribution in [1.29, 1.82) is 0 Å². The minimum absolute atomic E-state index is 0.0198. The van der Waals surface area contributed by atoms with Gasteiger partial charge in [-0.1, -0.05) is 30.4 Å². The summed E-state index contributed by atoms with van der Waals surface area (Å²) in [6, 6.07) is 13.8. The van der Waals surface area contributed by atoms with Gasteiger partial charge in [-0.05, 0) is 61.6 Å².